The zero-order valence-corrected chi connectivity index (χ0v) is 10.6. The zero-order valence-electron chi connectivity index (χ0n) is 9.75. The van der Waals surface area contributed by atoms with Crippen LogP contribution in [0.2, 0.25) is 0 Å². The van der Waals surface area contributed by atoms with Crippen molar-refractivity contribution < 1.29 is 4.79 Å². The molecule has 0 aromatic carbocycles. The fourth-order valence-corrected chi connectivity index (χ4v) is 2.21. The molecule has 0 fully saturated rings. The number of amides is 1. The Labute approximate surface area is 96.1 Å². The molecule has 1 N–H and O–H groups in total. The summed E-state index contributed by atoms with van der Waals surface area (Å²) in [5.41, 5.74) is 0. The van der Waals surface area contributed by atoms with E-state index >= 15 is 0 Å². The summed E-state index contributed by atoms with van der Waals surface area (Å²) in [5, 5.41) is 3.49. The third-order valence-corrected chi connectivity index (χ3v) is 3.87. The molecule has 0 radical (unpaired) electrons. The molecule has 1 amide bonds. The van der Waals surface area contributed by atoms with Crippen molar-refractivity contribution in [2.24, 2.45) is 4.99 Å². The maximum absolute atomic E-state index is 11.5. The SMILES string of the molecule is CCCC1N=C(CSC(C)CC)NC1=O. The van der Waals surface area contributed by atoms with Gasteiger partial charge in [-0.25, -0.2) is 0 Å². The molecule has 2 atom stereocenters. The smallest absolute Gasteiger partial charge is 0.250 e. The summed E-state index contributed by atoms with van der Waals surface area (Å²) in [6.45, 7) is 6.45. The minimum Gasteiger partial charge on any atom is -0.312 e. The second-order valence-electron chi connectivity index (χ2n) is 3.90. The Kier molecular flexibility index (Phi) is 5.15. The highest BCUT2D eigenvalue weighted by molar-refractivity contribution is 8.00. The number of carbonyl (C=O) groups excluding carboxylic acids is 1. The van der Waals surface area contributed by atoms with E-state index < -0.39 is 0 Å². The van der Waals surface area contributed by atoms with Gasteiger partial charge in [0.05, 0.1) is 5.75 Å². The van der Waals surface area contributed by atoms with Crippen molar-refractivity contribution in [3.8, 4) is 0 Å². The fraction of sp³-hybridized carbons (Fsp3) is 0.818. The summed E-state index contributed by atoms with van der Waals surface area (Å²) in [4.78, 5) is 15.9. The maximum atomic E-state index is 11.5. The third kappa shape index (κ3) is 3.86. The summed E-state index contributed by atoms with van der Waals surface area (Å²) >= 11 is 1.85. The van der Waals surface area contributed by atoms with Gasteiger partial charge >= 0.3 is 0 Å². The van der Waals surface area contributed by atoms with Crippen LogP contribution in [0.25, 0.3) is 0 Å². The van der Waals surface area contributed by atoms with E-state index in [-0.39, 0.29) is 11.9 Å². The van der Waals surface area contributed by atoms with Crippen LogP contribution in [0.3, 0.4) is 0 Å². The first-order valence-electron chi connectivity index (χ1n) is 5.66. The molecule has 1 aliphatic rings. The predicted octanol–water partition coefficient (Wildman–Crippen LogP) is 2.22. The summed E-state index contributed by atoms with van der Waals surface area (Å²) in [7, 11) is 0. The topological polar surface area (TPSA) is 41.5 Å². The number of nitrogens with one attached hydrogen (secondary N) is 1. The van der Waals surface area contributed by atoms with Gasteiger partial charge in [0, 0.05) is 5.25 Å². The van der Waals surface area contributed by atoms with Crippen molar-refractivity contribution >= 4 is 23.5 Å². The van der Waals surface area contributed by atoms with Gasteiger partial charge in [0.2, 0.25) is 5.91 Å². The highest BCUT2D eigenvalue weighted by Gasteiger charge is 2.24. The predicted molar refractivity (Wildman–Crippen MR) is 66.5 cm³/mol. The molecule has 15 heavy (non-hydrogen) atoms. The van der Waals surface area contributed by atoms with Crippen LogP contribution in [0.15, 0.2) is 4.99 Å². The maximum Gasteiger partial charge on any atom is 0.250 e. The van der Waals surface area contributed by atoms with Crippen molar-refractivity contribution in [3.05, 3.63) is 0 Å². The van der Waals surface area contributed by atoms with E-state index in [0.29, 0.717) is 5.25 Å². The van der Waals surface area contributed by atoms with Crippen molar-refractivity contribution in [2.75, 3.05) is 5.75 Å². The van der Waals surface area contributed by atoms with Gasteiger partial charge in [-0.05, 0) is 12.8 Å². The highest BCUT2D eigenvalue weighted by Crippen LogP contribution is 2.16. The number of aliphatic imine (C=N–C) groups is 1. The molecule has 0 saturated heterocycles. The van der Waals surface area contributed by atoms with E-state index in [9.17, 15) is 4.79 Å². The Balaban J connectivity index is 2.37. The van der Waals surface area contributed by atoms with Crippen molar-refractivity contribution in [1.29, 1.82) is 0 Å². The first-order valence-corrected chi connectivity index (χ1v) is 6.71. The second-order valence-corrected chi connectivity index (χ2v) is 5.33. The summed E-state index contributed by atoms with van der Waals surface area (Å²) in [5.74, 6) is 1.78. The zero-order chi connectivity index (χ0) is 11.3. The fourth-order valence-electron chi connectivity index (χ4n) is 1.39. The molecule has 0 aromatic rings. The highest BCUT2D eigenvalue weighted by atomic mass is 32.2. The monoisotopic (exact) mass is 228 g/mol. The van der Waals surface area contributed by atoms with Crippen LogP contribution in [-0.2, 0) is 4.79 Å². The molecule has 0 bridgehead atoms. The molecule has 0 spiro atoms. The molecule has 1 heterocycles. The van der Waals surface area contributed by atoms with Crippen LogP contribution < -0.4 is 5.32 Å². The van der Waals surface area contributed by atoms with Gasteiger partial charge in [-0.3, -0.25) is 9.79 Å². The number of thioether (sulfide) groups is 1. The molecule has 2 unspecified atom stereocenters. The molecule has 86 valence electrons. The molecular weight excluding hydrogens is 208 g/mol. The Morgan fingerprint density at radius 1 is 1.53 bits per heavy atom. The van der Waals surface area contributed by atoms with E-state index in [1.807, 2.05) is 11.8 Å². The molecule has 3 nitrogen and oxygen atoms in total. The Morgan fingerprint density at radius 3 is 2.87 bits per heavy atom. The standard InChI is InChI=1S/C11H20N2OS/c1-4-6-9-11(14)13-10(12-9)7-15-8(3)5-2/h8-9H,4-7H2,1-3H3,(H,12,13,14). The number of rotatable bonds is 6. The lowest BCUT2D eigenvalue weighted by Gasteiger charge is -2.06. The second kappa shape index (κ2) is 6.16. The van der Waals surface area contributed by atoms with Gasteiger partial charge in [0.25, 0.3) is 0 Å². The molecule has 4 heteroatoms. The lowest BCUT2D eigenvalue weighted by atomic mass is 10.2. The van der Waals surface area contributed by atoms with Crippen molar-refractivity contribution in [3.63, 3.8) is 0 Å². The minimum atomic E-state index is -0.123. The van der Waals surface area contributed by atoms with Gasteiger partial charge in [0.1, 0.15) is 11.9 Å². The number of nitrogens with zero attached hydrogens (tertiary/aromatic N) is 1. The van der Waals surface area contributed by atoms with Crippen LogP contribution >= 0.6 is 11.8 Å². The lowest BCUT2D eigenvalue weighted by molar-refractivity contribution is -0.120. The molecule has 1 rings (SSSR count). The molecule has 0 aliphatic carbocycles. The number of amidine groups is 1. The molecule has 0 saturated carbocycles. The van der Waals surface area contributed by atoms with Gasteiger partial charge in [-0.2, -0.15) is 11.8 Å². The molecule has 0 aromatic heterocycles. The third-order valence-electron chi connectivity index (χ3n) is 2.52. The largest absolute Gasteiger partial charge is 0.312 e. The van der Waals surface area contributed by atoms with Crippen LogP contribution in [0, 0.1) is 0 Å². The molecule has 1 aliphatic heterocycles. The van der Waals surface area contributed by atoms with Gasteiger partial charge in [0.15, 0.2) is 0 Å². The quantitative estimate of drug-likeness (QED) is 0.757. The average molecular weight is 228 g/mol. The summed E-state index contributed by atoms with van der Waals surface area (Å²) in [6.07, 6.45) is 3.03. The van der Waals surface area contributed by atoms with Crippen LogP contribution in [0.4, 0.5) is 0 Å². The van der Waals surface area contributed by atoms with Crippen LogP contribution in [0.1, 0.15) is 40.0 Å². The van der Waals surface area contributed by atoms with E-state index in [1.165, 1.54) is 0 Å². The molecular formula is C11H20N2OS. The van der Waals surface area contributed by atoms with Crippen molar-refractivity contribution in [1.82, 2.24) is 5.32 Å². The van der Waals surface area contributed by atoms with E-state index in [0.717, 1.165) is 30.9 Å². The Hall–Kier alpha value is -0.510. The van der Waals surface area contributed by atoms with Gasteiger partial charge in [-0.1, -0.05) is 27.2 Å². The van der Waals surface area contributed by atoms with E-state index in [2.05, 4.69) is 31.1 Å². The van der Waals surface area contributed by atoms with Gasteiger partial charge < -0.3 is 5.32 Å². The number of hydrogen-bond donors (Lipinski definition) is 1. The number of carbonyl (C=O) groups is 1. The van der Waals surface area contributed by atoms with E-state index in [1.54, 1.807) is 0 Å². The van der Waals surface area contributed by atoms with Crippen molar-refractivity contribution in [2.45, 2.75) is 51.3 Å². The van der Waals surface area contributed by atoms with Gasteiger partial charge in [-0.15, -0.1) is 0 Å². The Bertz CT molecular complexity index is 253. The first kappa shape index (κ1) is 12.6. The summed E-state index contributed by atoms with van der Waals surface area (Å²) in [6, 6.07) is -0.123. The number of hydrogen-bond acceptors (Lipinski definition) is 3. The Morgan fingerprint density at radius 2 is 2.27 bits per heavy atom. The van der Waals surface area contributed by atoms with Crippen LogP contribution in [0.5, 0.6) is 0 Å². The first-order chi connectivity index (χ1) is 7.17. The van der Waals surface area contributed by atoms with Crippen LogP contribution in [-0.4, -0.2) is 28.8 Å². The minimum absolute atomic E-state index is 0.0802. The summed E-state index contributed by atoms with van der Waals surface area (Å²) < 4.78 is 0. The normalized spacial score (nSPS) is 22.5. The lowest BCUT2D eigenvalue weighted by Crippen LogP contribution is -2.29. The average Bonchev–Trinajstić information content (AvgIpc) is 2.57. The van der Waals surface area contributed by atoms with E-state index in [4.69, 9.17) is 0 Å².